The summed E-state index contributed by atoms with van der Waals surface area (Å²) in [5.41, 5.74) is 14.0. The molecule has 0 atom stereocenters. The van der Waals surface area contributed by atoms with Gasteiger partial charge in [0.05, 0.1) is 0 Å². The molecule has 60 heavy (non-hydrogen) atoms. The fourth-order valence-corrected chi connectivity index (χ4v) is 9.97. The minimum Gasteiger partial charge on any atom is -0.456 e. The molecule has 2 heteroatoms. The zero-order valence-corrected chi connectivity index (χ0v) is 32.4. The van der Waals surface area contributed by atoms with Crippen molar-refractivity contribution < 1.29 is 9.47 Å². The Balaban J connectivity index is 1.14. The Bertz CT molecular complexity index is 3580. The van der Waals surface area contributed by atoms with Gasteiger partial charge in [-0.1, -0.05) is 158 Å². The van der Waals surface area contributed by atoms with Crippen LogP contribution in [0.2, 0.25) is 0 Å². The number of ether oxygens (including phenoxy) is 2. The van der Waals surface area contributed by atoms with E-state index in [1.165, 1.54) is 82.4 Å². The highest BCUT2D eigenvalue weighted by molar-refractivity contribution is 6.25. The number of rotatable bonds is 4. The van der Waals surface area contributed by atoms with Crippen molar-refractivity contribution >= 4 is 43.1 Å². The standard InChI is InChI=1S/C58H34O2/c1-3-12-35(13-4-1)38-25-29-48-49(32-38)55(40-26-27-42-43-19-9-16-37-17-10-23-52(56(37)43)60-54(42)34-40)47-28-24-39(36-14-5-2-6-15-36)33-50(47)57(48)46-30-31-53-58-44(20-11-21-45(46)58)41-18-7-8-22-51(41)59-53/h1-34H. The maximum Gasteiger partial charge on any atom is 0.135 e. The first kappa shape index (κ1) is 33.1. The fourth-order valence-electron chi connectivity index (χ4n) is 9.97. The first-order valence-electron chi connectivity index (χ1n) is 20.6. The molecule has 0 amide bonds. The molecular formula is C58H34O2. The predicted octanol–water partition coefficient (Wildman–Crippen LogP) is 16.5. The highest BCUT2D eigenvalue weighted by atomic mass is 16.5. The van der Waals surface area contributed by atoms with Crippen molar-refractivity contribution in [2.45, 2.75) is 0 Å². The van der Waals surface area contributed by atoms with Gasteiger partial charge in [0.2, 0.25) is 0 Å². The van der Waals surface area contributed by atoms with Gasteiger partial charge in [-0.15, -0.1) is 0 Å². The number of hydrogen-bond acceptors (Lipinski definition) is 2. The molecule has 2 aliphatic rings. The number of benzene rings is 11. The number of hydrogen-bond donors (Lipinski definition) is 0. The molecular weight excluding hydrogens is 729 g/mol. The van der Waals surface area contributed by atoms with Crippen LogP contribution in [-0.2, 0) is 0 Å². The maximum absolute atomic E-state index is 6.80. The molecule has 0 unspecified atom stereocenters. The van der Waals surface area contributed by atoms with E-state index in [2.05, 4.69) is 200 Å². The predicted molar refractivity (Wildman–Crippen MR) is 249 cm³/mol. The SMILES string of the molecule is c1ccc(-c2ccc3c(-c4ccc5c6c(cccc46)-c4ccccc4O5)c4cc(-c5ccccc5)ccc4c(-c4ccc5c(c4)Oc4cccc6cccc-5c46)c3c2)cc1. The molecule has 11 aromatic rings. The van der Waals surface area contributed by atoms with Crippen molar-refractivity contribution in [2.24, 2.45) is 0 Å². The van der Waals surface area contributed by atoms with E-state index in [9.17, 15) is 0 Å². The first-order valence-corrected chi connectivity index (χ1v) is 20.6. The minimum atomic E-state index is 0.869. The minimum absolute atomic E-state index is 0.869. The smallest absolute Gasteiger partial charge is 0.135 e. The molecule has 0 fully saturated rings. The molecule has 2 aliphatic heterocycles. The third-order valence-electron chi connectivity index (χ3n) is 12.6. The van der Waals surface area contributed by atoms with Crippen LogP contribution >= 0.6 is 0 Å². The third kappa shape index (κ3) is 4.88. The molecule has 11 aromatic carbocycles. The Morgan fingerprint density at radius 3 is 1.53 bits per heavy atom. The van der Waals surface area contributed by atoms with Crippen molar-refractivity contribution in [3.8, 4) is 89.8 Å². The summed E-state index contributed by atoms with van der Waals surface area (Å²) < 4.78 is 13.4. The lowest BCUT2D eigenvalue weighted by Gasteiger charge is -2.25. The summed E-state index contributed by atoms with van der Waals surface area (Å²) in [6, 6.07) is 74.6. The Morgan fingerprint density at radius 2 is 0.767 bits per heavy atom. The van der Waals surface area contributed by atoms with E-state index in [0.717, 1.165) is 50.5 Å². The zero-order chi connectivity index (χ0) is 39.3. The zero-order valence-electron chi connectivity index (χ0n) is 32.4. The Morgan fingerprint density at radius 1 is 0.233 bits per heavy atom. The Labute approximate surface area is 347 Å². The van der Waals surface area contributed by atoms with Gasteiger partial charge >= 0.3 is 0 Å². The highest BCUT2D eigenvalue weighted by Crippen LogP contribution is 2.53. The topological polar surface area (TPSA) is 18.5 Å². The Hall–Kier alpha value is -7.94. The van der Waals surface area contributed by atoms with E-state index in [-0.39, 0.29) is 0 Å². The third-order valence-corrected chi connectivity index (χ3v) is 12.6. The van der Waals surface area contributed by atoms with Gasteiger partial charge in [0.1, 0.15) is 23.0 Å². The van der Waals surface area contributed by atoms with Crippen molar-refractivity contribution in [1.29, 1.82) is 0 Å². The van der Waals surface area contributed by atoms with Gasteiger partial charge in [-0.3, -0.25) is 0 Å². The summed E-state index contributed by atoms with van der Waals surface area (Å²) in [5.74, 6) is 3.54. The van der Waals surface area contributed by atoms with Crippen LogP contribution in [-0.4, -0.2) is 0 Å². The van der Waals surface area contributed by atoms with Gasteiger partial charge < -0.3 is 9.47 Å². The molecule has 2 nitrogen and oxygen atoms in total. The lowest BCUT2D eigenvalue weighted by atomic mass is 9.81. The second-order valence-corrected chi connectivity index (χ2v) is 15.9. The van der Waals surface area contributed by atoms with E-state index in [4.69, 9.17) is 9.47 Å². The molecule has 0 spiro atoms. The first-order chi connectivity index (χ1) is 29.7. The van der Waals surface area contributed by atoms with E-state index in [0.29, 0.717) is 0 Å². The van der Waals surface area contributed by atoms with Crippen LogP contribution in [0.15, 0.2) is 206 Å². The number of fused-ring (bicyclic) bond motifs is 6. The molecule has 0 saturated carbocycles. The molecule has 278 valence electrons. The summed E-state index contributed by atoms with van der Waals surface area (Å²) in [5, 5.41) is 9.41. The van der Waals surface area contributed by atoms with Crippen LogP contribution in [0.1, 0.15) is 0 Å². The normalized spacial score (nSPS) is 12.3. The lowest BCUT2D eigenvalue weighted by Crippen LogP contribution is -1.99. The maximum atomic E-state index is 6.80. The van der Waals surface area contributed by atoms with E-state index < -0.39 is 0 Å². The van der Waals surface area contributed by atoms with Crippen molar-refractivity contribution in [3.05, 3.63) is 206 Å². The van der Waals surface area contributed by atoms with Gasteiger partial charge in [-0.05, 0) is 136 Å². The lowest BCUT2D eigenvalue weighted by molar-refractivity contribution is 0.487. The van der Waals surface area contributed by atoms with Crippen molar-refractivity contribution in [1.82, 2.24) is 0 Å². The van der Waals surface area contributed by atoms with Crippen LogP contribution in [0.25, 0.3) is 110 Å². The van der Waals surface area contributed by atoms with Gasteiger partial charge in [-0.2, -0.15) is 0 Å². The van der Waals surface area contributed by atoms with Gasteiger partial charge in [0.15, 0.2) is 0 Å². The summed E-state index contributed by atoms with van der Waals surface area (Å²) in [4.78, 5) is 0. The molecule has 0 aromatic heterocycles. The fraction of sp³-hybridized carbons (Fsp3) is 0. The summed E-state index contributed by atoms with van der Waals surface area (Å²) in [7, 11) is 0. The summed E-state index contributed by atoms with van der Waals surface area (Å²) in [6.45, 7) is 0. The quantitative estimate of drug-likeness (QED) is 0.166. The monoisotopic (exact) mass is 762 g/mol. The van der Waals surface area contributed by atoms with Gasteiger partial charge in [0.25, 0.3) is 0 Å². The average Bonchev–Trinajstić information content (AvgIpc) is 3.31. The van der Waals surface area contributed by atoms with E-state index in [1.54, 1.807) is 0 Å². The molecule has 13 rings (SSSR count). The Kier molecular flexibility index (Phi) is 7.05. The number of para-hydroxylation sites is 1. The van der Waals surface area contributed by atoms with Gasteiger partial charge in [-0.25, -0.2) is 0 Å². The summed E-state index contributed by atoms with van der Waals surface area (Å²) in [6.07, 6.45) is 0. The van der Waals surface area contributed by atoms with E-state index in [1.807, 2.05) is 6.07 Å². The van der Waals surface area contributed by atoms with Crippen molar-refractivity contribution in [3.63, 3.8) is 0 Å². The largest absolute Gasteiger partial charge is 0.456 e. The molecule has 0 aliphatic carbocycles. The molecule has 2 heterocycles. The summed E-state index contributed by atoms with van der Waals surface area (Å²) >= 11 is 0. The molecule has 0 N–H and O–H groups in total. The molecule has 0 bridgehead atoms. The van der Waals surface area contributed by atoms with Crippen molar-refractivity contribution in [2.75, 3.05) is 0 Å². The van der Waals surface area contributed by atoms with Crippen LogP contribution < -0.4 is 9.47 Å². The molecule has 0 saturated heterocycles. The van der Waals surface area contributed by atoms with Gasteiger partial charge in [0, 0.05) is 21.9 Å². The molecule has 0 radical (unpaired) electrons. The second-order valence-electron chi connectivity index (χ2n) is 15.9. The van der Waals surface area contributed by atoms with Crippen LogP contribution in [0.5, 0.6) is 23.0 Å². The van der Waals surface area contributed by atoms with Crippen LogP contribution in [0.4, 0.5) is 0 Å². The second kappa shape index (κ2) is 12.8. The van der Waals surface area contributed by atoms with Crippen LogP contribution in [0, 0.1) is 0 Å². The van der Waals surface area contributed by atoms with E-state index >= 15 is 0 Å². The average molecular weight is 763 g/mol. The highest BCUT2D eigenvalue weighted by Gasteiger charge is 2.26. The van der Waals surface area contributed by atoms with Crippen LogP contribution in [0.3, 0.4) is 0 Å².